The van der Waals surface area contributed by atoms with Crippen LogP contribution in [0.25, 0.3) is 0 Å². The van der Waals surface area contributed by atoms with Crippen molar-refractivity contribution < 1.29 is 14.6 Å². The van der Waals surface area contributed by atoms with Gasteiger partial charge in [-0.05, 0) is 65.4 Å². The lowest BCUT2D eigenvalue weighted by Gasteiger charge is -2.38. The maximum atomic E-state index is 11.9. The van der Waals surface area contributed by atoms with E-state index in [1.807, 2.05) is 42.5 Å². The van der Waals surface area contributed by atoms with E-state index in [2.05, 4.69) is 45.5 Å². The largest absolute Gasteiger partial charge is 0.489 e. The number of benzene rings is 3. The number of carboxylic acid groups (broad SMARTS) is 1. The van der Waals surface area contributed by atoms with Crippen molar-refractivity contribution >= 4 is 39.2 Å². The van der Waals surface area contributed by atoms with E-state index in [1.165, 1.54) is 0 Å². The van der Waals surface area contributed by atoms with Crippen molar-refractivity contribution in [3.05, 3.63) is 105 Å². The molecule has 0 unspecified atom stereocenters. The van der Waals surface area contributed by atoms with E-state index in [9.17, 15) is 9.90 Å². The van der Waals surface area contributed by atoms with Crippen molar-refractivity contribution in [2.24, 2.45) is 5.92 Å². The Morgan fingerprint density at radius 1 is 1.12 bits per heavy atom. The average molecular weight is 511 g/mol. The van der Waals surface area contributed by atoms with Gasteiger partial charge in [-0.3, -0.25) is 0 Å². The van der Waals surface area contributed by atoms with Gasteiger partial charge in [-0.25, -0.2) is 4.79 Å². The zero-order valence-corrected chi connectivity index (χ0v) is 19.4. The number of aromatic carboxylic acids is 1. The van der Waals surface area contributed by atoms with Gasteiger partial charge in [0.15, 0.2) is 0 Å². The summed E-state index contributed by atoms with van der Waals surface area (Å²) in [6.45, 7) is 0.469. The lowest BCUT2D eigenvalue weighted by atomic mass is 9.76. The highest BCUT2D eigenvalue weighted by atomic mass is 79.9. The first kappa shape index (κ1) is 21.1. The van der Waals surface area contributed by atoms with E-state index in [-0.39, 0.29) is 12.0 Å². The van der Waals surface area contributed by atoms with E-state index < -0.39 is 5.97 Å². The van der Waals surface area contributed by atoms with Crippen LogP contribution in [0.4, 0.5) is 5.69 Å². The zero-order valence-electron chi connectivity index (χ0n) is 17.1. The summed E-state index contributed by atoms with van der Waals surface area (Å²) in [7, 11) is 0. The molecule has 0 radical (unpaired) electrons. The molecule has 0 aromatic heterocycles. The van der Waals surface area contributed by atoms with Crippen molar-refractivity contribution in [2.75, 3.05) is 5.32 Å². The molecule has 162 valence electrons. The summed E-state index contributed by atoms with van der Waals surface area (Å²) in [5, 5.41) is 14.0. The monoisotopic (exact) mass is 509 g/mol. The number of carbonyl (C=O) groups is 1. The van der Waals surface area contributed by atoms with Gasteiger partial charge in [0.2, 0.25) is 0 Å². The van der Waals surface area contributed by atoms with Crippen LogP contribution in [-0.2, 0) is 6.61 Å². The first-order valence-corrected chi connectivity index (χ1v) is 11.6. The van der Waals surface area contributed by atoms with Gasteiger partial charge in [0.1, 0.15) is 12.4 Å². The predicted octanol–water partition coefficient (Wildman–Crippen LogP) is 7.21. The Kier molecular flexibility index (Phi) is 5.70. The standard InChI is InChI=1S/C26H21BrClNO3/c27-17-12-22-20-2-1-3-21(20)24(29-25(22)23(13-17)26(30)31)16-6-10-19(11-7-16)32-14-15-4-8-18(28)9-5-15/h1-2,4-13,20-21,24,29H,3,14H2,(H,30,31)/t20-,21+,24+/m1/s1. The van der Waals surface area contributed by atoms with E-state index in [1.54, 1.807) is 6.07 Å². The van der Waals surface area contributed by atoms with Gasteiger partial charge in [0, 0.05) is 15.4 Å². The number of anilines is 1. The molecule has 2 N–H and O–H groups in total. The molecule has 6 heteroatoms. The number of ether oxygens (including phenoxy) is 1. The van der Waals surface area contributed by atoms with Gasteiger partial charge in [0.05, 0.1) is 17.3 Å². The van der Waals surface area contributed by atoms with Crippen molar-refractivity contribution in [1.29, 1.82) is 0 Å². The summed E-state index contributed by atoms with van der Waals surface area (Å²) < 4.78 is 6.71. The Hall–Kier alpha value is -2.76. The van der Waals surface area contributed by atoms with Crippen LogP contribution < -0.4 is 10.1 Å². The molecule has 0 saturated carbocycles. The SMILES string of the molecule is O=C(O)c1cc(Br)cc2c1N[C@@H](c1ccc(OCc3ccc(Cl)cc3)cc1)[C@H]1CC=C[C@@H]21. The molecule has 0 amide bonds. The Bertz CT molecular complexity index is 1190. The summed E-state index contributed by atoms with van der Waals surface area (Å²) in [6, 6.07) is 19.4. The summed E-state index contributed by atoms with van der Waals surface area (Å²) in [5.41, 5.74) is 4.21. The second kappa shape index (κ2) is 8.64. The first-order valence-electron chi connectivity index (χ1n) is 10.5. The van der Waals surface area contributed by atoms with Gasteiger partial charge in [0.25, 0.3) is 0 Å². The van der Waals surface area contributed by atoms with Crippen LogP contribution in [0.15, 0.2) is 77.3 Å². The van der Waals surface area contributed by atoms with Gasteiger partial charge in [-0.15, -0.1) is 0 Å². The number of hydrogen-bond donors (Lipinski definition) is 2. The minimum Gasteiger partial charge on any atom is -0.489 e. The van der Waals surface area contributed by atoms with E-state index in [0.717, 1.165) is 33.3 Å². The van der Waals surface area contributed by atoms with Gasteiger partial charge in [-0.2, -0.15) is 0 Å². The van der Waals surface area contributed by atoms with Crippen molar-refractivity contribution in [1.82, 2.24) is 0 Å². The van der Waals surface area contributed by atoms with Crippen LogP contribution in [0.1, 0.15) is 45.4 Å². The highest BCUT2D eigenvalue weighted by Crippen LogP contribution is 2.51. The highest BCUT2D eigenvalue weighted by Gasteiger charge is 2.39. The van der Waals surface area contributed by atoms with Crippen LogP contribution in [0.5, 0.6) is 5.75 Å². The summed E-state index contributed by atoms with van der Waals surface area (Å²) >= 11 is 9.41. The minimum atomic E-state index is -0.930. The number of nitrogens with one attached hydrogen (secondary N) is 1. The molecule has 1 aliphatic heterocycles. The number of allylic oxidation sites excluding steroid dienone is 2. The molecule has 32 heavy (non-hydrogen) atoms. The molecule has 1 aliphatic carbocycles. The number of halogens is 2. The third-order valence-electron chi connectivity index (χ3n) is 6.22. The van der Waals surface area contributed by atoms with Gasteiger partial charge < -0.3 is 15.2 Å². The van der Waals surface area contributed by atoms with E-state index in [0.29, 0.717) is 28.8 Å². The fourth-order valence-corrected chi connectivity index (χ4v) is 5.28. The van der Waals surface area contributed by atoms with Crippen LogP contribution in [0.2, 0.25) is 5.02 Å². The van der Waals surface area contributed by atoms with Gasteiger partial charge >= 0.3 is 5.97 Å². The maximum absolute atomic E-state index is 11.9. The Morgan fingerprint density at radius 2 is 1.88 bits per heavy atom. The quantitative estimate of drug-likeness (QED) is 0.356. The van der Waals surface area contributed by atoms with Crippen LogP contribution in [0.3, 0.4) is 0 Å². The Labute approximate surface area is 200 Å². The first-order chi connectivity index (χ1) is 15.5. The van der Waals surface area contributed by atoms with Crippen molar-refractivity contribution in [3.8, 4) is 5.75 Å². The molecule has 0 bridgehead atoms. The van der Waals surface area contributed by atoms with Crippen LogP contribution in [-0.4, -0.2) is 11.1 Å². The number of rotatable bonds is 5. The lowest BCUT2D eigenvalue weighted by molar-refractivity contribution is 0.0697. The van der Waals surface area contributed by atoms with E-state index >= 15 is 0 Å². The van der Waals surface area contributed by atoms with Crippen LogP contribution in [0, 0.1) is 5.92 Å². The number of hydrogen-bond acceptors (Lipinski definition) is 3. The summed E-state index contributed by atoms with van der Waals surface area (Å²) in [6.07, 6.45) is 5.36. The average Bonchev–Trinajstić information content (AvgIpc) is 3.28. The molecular formula is C26H21BrClNO3. The third kappa shape index (κ3) is 4.03. The molecule has 0 spiro atoms. The molecule has 4 nitrogen and oxygen atoms in total. The highest BCUT2D eigenvalue weighted by molar-refractivity contribution is 9.10. The number of carboxylic acids is 1. The van der Waals surface area contributed by atoms with Gasteiger partial charge in [-0.1, -0.05) is 63.9 Å². The minimum absolute atomic E-state index is 0.0205. The van der Waals surface area contributed by atoms with Crippen LogP contribution >= 0.6 is 27.5 Å². The Balaban J connectivity index is 1.39. The lowest BCUT2D eigenvalue weighted by Crippen LogP contribution is -2.30. The molecule has 3 aromatic carbocycles. The molecule has 3 aromatic rings. The fraction of sp³-hybridized carbons (Fsp3) is 0.192. The van der Waals surface area contributed by atoms with E-state index in [4.69, 9.17) is 16.3 Å². The Morgan fingerprint density at radius 3 is 2.59 bits per heavy atom. The molecule has 5 rings (SSSR count). The third-order valence-corrected chi connectivity index (χ3v) is 6.93. The maximum Gasteiger partial charge on any atom is 0.337 e. The van der Waals surface area contributed by atoms with Crippen molar-refractivity contribution in [2.45, 2.75) is 25.0 Å². The predicted molar refractivity (Wildman–Crippen MR) is 130 cm³/mol. The zero-order chi connectivity index (χ0) is 22.2. The second-order valence-electron chi connectivity index (χ2n) is 8.18. The molecule has 0 saturated heterocycles. The summed E-state index contributed by atoms with van der Waals surface area (Å²) in [4.78, 5) is 11.9. The smallest absolute Gasteiger partial charge is 0.337 e. The fourth-order valence-electron chi connectivity index (χ4n) is 4.68. The molecule has 1 heterocycles. The summed E-state index contributed by atoms with van der Waals surface area (Å²) in [5.74, 6) is 0.378. The normalized spacial score (nSPS) is 20.9. The topological polar surface area (TPSA) is 58.6 Å². The molecule has 3 atom stereocenters. The molecule has 2 aliphatic rings. The second-order valence-corrected chi connectivity index (χ2v) is 9.53. The molecular weight excluding hydrogens is 490 g/mol. The molecule has 0 fully saturated rings. The van der Waals surface area contributed by atoms with Crippen molar-refractivity contribution in [3.63, 3.8) is 0 Å². The number of fused-ring (bicyclic) bond motifs is 3.